The molecule has 0 spiro atoms. The van der Waals surface area contributed by atoms with Gasteiger partial charge in [0, 0.05) is 54.1 Å². The second kappa shape index (κ2) is 7.15. The van der Waals surface area contributed by atoms with E-state index in [0.29, 0.717) is 5.39 Å². The first-order chi connectivity index (χ1) is 13.1. The molecule has 1 aliphatic heterocycles. The molecule has 4 rings (SSSR count). The summed E-state index contributed by atoms with van der Waals surface area (Å²) in [6.45, 7) is 1.50. The van der Waals surface area contributed by atoms with E-state index in [2.05, 4.69) is 9.88 Å². The molecule has 136 valence electrons. The van der Waals surface area contributed by atoms with Crippen molar-refractivity contribution in [3.8, 4) is 0 Å². The number of rotatable bonds is 4. The van der Waals surface area contributed by atoms with Gasteiger partial charge in [0.25, 0.3) is 5.69 Å². The number of Topliss-reactive ketones (excluding diaryl/α,β-unsaturated/α-hetero) is 1. The van der Waals surface area contributed by atoms with Crippen molar-refractivity contribution in [1.29, 1.82) is 0 Å². The molecule has 0 saturated carbocycles. The molecule has 0 aliphatic carbocycles. The molecule has 6 nitrogen and oxygen atoms in total. The molecule has 0 unspecified atom stereocenters. The lowest BCUT2D eigenvalue weighted by molar-refractivity contribution is -0.383. The second-order valence-corrected chi connectivity index (χ2v) is 6.77. The predicted molar refractivity (Wildman–Crippen MR) is 104 cm³/mol. The molecule has 1 aromatic heterocycles. The van der Waals surface area contributed by atoms with E-state index in [1.807, 2.05) is 36.4 Å². The Morgan fingerprint density at radius 1 is 1.04 bits per heavy atom. The van der Waals surface area contributed by atoms with Gasteiger partial charge in [0.15, 0.2) is 5.78 Å². The predicted octanol–water partition coefficient (Wildman–Crippen LogP) is 4.24. The van der Waals surface area contributed by atoms with E-state index >= 15 is 0 Å². The number of nitrogens with zero attached hydrogens (tertiary/aromatic N) is 3. The quantitative estimate of drug-likeness (QED) is 0.395. The summed E-state index contributed by atoms with van der Waals surface area (Å²) in [5.41, 5.74) is 1.79. The minimum absolute atomic E-state index is 0.0228. The minimum Gasteiger partial charge on any atom is -0.371 e. The molecule has 0 atom stereocenters. The third kappa shape index (κ3) is 3.26. The molecule has 1 aliphatic rings. The Morgan fingerprint density at radius 2 is 1.78 bits per heavy atom. The first-order valence-corrected chi connectivity index (χ1v) is 9.00. The fourth-order valence-corrected chi connectivity index (χ4v) is 3.82. The molecule has 2 heterocycles. The molecule has 6 heteroatoms. The van der Waals surface area contributed by atoms with Crippen LogP contribution >= 0.6 is 0 Å². The van der Waals surface area contributed by atoms with E-state index < -0.39 is 0 Å². The first kappa shape index (κ1) is 17.1. The number of hydrogen-bond donors (Lipinski definition) is 0. The highest BCUT2D eigenvalue weighted by atomic mass is 16.6. The van der Waals surface area contributed by atoms with Crippen LogP contribution in [0, 0.1) is 16.0 Å². The lowest BCUT2D eigenvalue weighted by Crippen LogP contribution is -2.36. The Balaban J connectivity index is 1.56. The first-order valence-electron chi connectivity index (χ1n) is 9.00. The monoisotopic (exact) mass is 361 g/mol. The summed E-state index contributed by atoms with van der Waals surface area (Å²) in [5.74, 6) is 0.225. The van der Waals surface area contributed by atoms with Crippen LogP contribution in [0.1, 0.15) is 23.2 Å². The van der Waals surface area contributed by atoms with Crippen molar-refractivity contribution in [2.45, 2.75) is 12.8 Å². The molecule has 0 N–H and O–H groups in total. The van der Waals surface area contributed by atoms with Gasteiger partial charge >= 0.3 is 0 Å². The smallest absolute Gasteiger partial charge is 0.278 e. The van der Waals surface area contributed by atoms with Crippen molar-refractivity contribution in [3.63, 3.8) is 0 Å². The van der Waals surface area contributed by atoms with Crippen LogP contribution in [0.4, 0.5) is 11.4 Å². The highest BCUT2D eigenvalue weighted by molar-refractivity contribution is 6.00. The summed E-state index contributed by atoms with van der Waals surface area (Å²) in [7, 11) is 0. The van der Waals surface area contributed by atoms with Crippen LogP contribution in [0.25, 0.3) is 10.8 Å². The van der Waals surface area contributed by atoms with Gasteiger partial charge in [-0.25, -0.2) is 0 Å². The van der Waals surface area contributed by atoms with Gasteiger partial charge in [-0.05, 0) is 25.0 Å². The Hall–Kier alpha value is -3.28. The van der Waals surface area contributed by atoms with E-state index in [0.717, 1.165) is 42.6 Å². The molecule has 1 fully saturated rings. The maximum absolute atomic E-state index is 12.7. The molecule has 2 aromatic carbocycles. The lowest BCUT2D eigenvalue weighted by Gasteiger charge is -2.33. The summed E-state index contributed by atoms with van der Waals surface area (Å²) in [6.07, 6.45) is 4.75. The summed E-state index contributed by atoms with van der Waals surface area (Å²) >= 11 is 0. The van der Waals surface area contributed by atoms with E-state index in [-0.39, 0.29) is 22.3 Å². The van der Waals surface area contributed by atoms with Crippen molar-refractivity contribution >= 4 is 27.9 Å². The molecule has 1 saturated heterocycles. The van der Waals surface area contributed by atoms with Gasteiger partial charge in [-0.3, -0.25) is 19.9 Å². The summed E-state index contributed by atoms with van der Waals surface area (Å²) in [6, 6.07) is 14.6. The fourth-order valence-electron chi connectivity index (χ4n) is 3.82. The fraction of sp³-hybridized carbons (Fsp3) is 0.238. The van der Waals surface area contributed by atoms with Crippen molar-refractivity contribution in [2.24, 2.45) is 5.92 Å². The Morgan fingerprint density at radius 3 is 2.48 bits per heavy atom. The van der Waals surface area contributed by atoms with Gasteiger partial charge in [0.2, 0.25) is 0 Å². The normalized spacial score (nSPS) is 15.0. The van der Waals surface area contributed by atoms with Gasteiger partial charge in [0.1, 0.15) is 0 Å². The number of carbonyl (C=O) groups is 1. The van der Waals surface area contributed by atoms with Gasteiger partial charge in [0.05, 0.1) is 10.3 Å². The van der Waals surface area contributed by atoms with Crippen molar-refractivity contribution < 1.29 is 9.72 Å². The summed E-state index contributed by atoms with van der Waals surface area (Å²) in [4.78, 5) is 29.8. The van der Waals surface area contributed by atoms with E-state index in [9.17, 15) is 14.9 Å². The lowest BCUT2D eigenvalue weighted by atomic mass is 9.88. The average molecular weight is 361 g/mol. The van der Waals surface area contributed by atoms with Crippen LogP contribution < -0.4 is 4.90 Å². The zero-order valence-corrected chi connectivity index (χ0v) is 14.7. The topological polar surface area (TPSA) is 76.3 Å². The standard InChI is InChI=1S/C21H19N3O3/c25-21(15-4-2-1-3-5-15)16-9-12-23(13-10-16)19-6-7-20(24(26)27)18-14-22-11-8-17(18)19/h1-8,11,14,16H,9-10,12-13H2. The number of ketones is 1. The van der Waals surface area contributed by atoms with Gasteiger partial charge < -0.3 is 4.90 Å². The number of nitro groups is 1. The van der Waals surface area contributed by atoms with Crippen LogP contribution in [0.3, 0.4) is 0 Å². The maximum atomic E-state index is 12.7. The van der Waals surface area contributed by atoms with Gasteiger partial charge in [-0.15, -0.1) is 0 Å². The average Bonchev–Trinajstić information content (AvgIpc) is 2.73. The molecular formula is C21H19N3O3. The van der Waals surface area contributed by atoms with E-state index in [1.54, 1.807) is 24.5 Å². The van der Waals surface area contributed by atoms with Crippen LogP contribution in [-0.4, -0.2) is 28.8 Å². The number of fused-ring (bicyclic) bond motifs is 1. The number of benzene rings is 2. The third-order valence-corrected chi connectivity index (χ3v) is 5.23. The summed E-state index contributed by atoms with van der Waals surface area (Å²) < 4.78 is 0. The van der Waals surface area contributed by atoms with Crippen molar-refractivity contribution in [2.75, 3.05) is 18.0 Å². The molecule has 0 amide bonds. The van der Waals surface area contributed by atoms with Crippen LogP contribution in [-0.2, 0) is 0 Å². The SMILES string of the molecule is O=C(c1ccccc1)C1CCN(c2ccc([N+](=O)[O-])c3cnccc23)CC1. The van der Waals surface area contributed by atoms with Crippen molar-refractivity contribution in [3.05, 3.63) is 76.6 Å². The Labute approximate surface area is 156 Å². The number of hydrogen-bond acceptors (Lipinski definition) is 5. The number of piperidine rings is 1. The van der Waals surface area contributed by atoms with Crippen LogP contribution in [0.15, 0.2) is 60.9 Å². The van der Waals surface area contributed by atoms with E-state index in [4.69, 9.17) is 0 Å². The minimum atomic E-state index is -0.376. The van der Waals surface area contributed by atoms with E-state index in [1.165, 1.54) is 0 Å². The highest BCUT2D eigenvalue weighted by Gasteiger charge is 2.27. The number of aromatic nitrogens is 1. The largest absolute Gasteiger partial charge is 0.371 e. The molecule has 3 aromatic rings. The third-order valence-electron chi connectivity index (χ3n) is 5.23. The zero-order chi connectivity index (χ0) is 18.8. The molecule has 27 heavy (non-hydrogen) atoms. The number of anilines is 1. The van der Waals surface area contributed by atoms with Gasteiger partial charge in [-0.2, -0.15) is 0 Å². The van der Waals surface area contributed by atoms with Gasteiger partial charge in [-0.1, -0.05) is 30.3 Å². The number of carbonyl (C=O) groups excluding carboxylic acids is 1. The molecule has 0 radical (unpaired) electrons. The van der Waals surface area contributed by atoms with Crippen molar-refractivity contribution in [1.82, 2.24) is 4.98 Å². The zero-order valence-electron chi connectivity index (χ0n) is 14.7. The Bertz CT molecular complexity index is 996. The second-order valence-electron chi connectivity index (χ2n) is 6.77. The van der Waals surface area contributed by atoms with Crippen LogP contribution in [0.5, 0.6) is 0 Å². The summed E-state index contributed by atoms with van der Waals surface area (Å²) in [5, 5.41) is 12.7. The Kier molecular flexibility index (Phi) is 4.54. The number of pyridine rings is 1. The number of nitro benzene ring substituents is 1. The number of non-ortho nitro benzene ring substituents is 1. The molecular weight excluding hydrogens is 342 g/mol. The van der Waals surface area contributed by atoms with Crippen LogP contribution in [0.2, 0.25) is 0 Å². The molecule has 0 bridgehead atoms. The highest BCUT2D eigenvalue weighted by Crippen LogP contribution is 2.35. The maximum Gasteiger partial charge on any atom is 0.278 e.